The third-order valence-corrected chi connectivity index (χ3v) is 8.00. The van der Waals surface area contributed by atoms with E-state index in [2.05, 4.69) is 37.9 Å². The lowest BCUT2D eigenvalue weighted by atomic mass is 9.64. The van der Waals surface area contributed by atoms with E-state index in [9.17, 15) is 0 Å². The van der Waals surface area contributed by atoms with Gasteiger partial charge in [0.15, 0.2) is 0 Å². The van der Waals surface area contributed by atoms with Crippen LogP contribution in [0.4, 0.5) is 0 Å². The van der Waals surface area contributed by atoms with Gasteiger partial charge in [-0.1, -0.05) is 35.1 Å². The third kappa shape index (κ3) is 10.4. The summed E-state index contributed by atoms with van der Waals surface area (Å²) in [5.74, 6) is 3.96. The number of benzene rings is 1. The highest BCUT2D eigenvalue weighted by molar-refractivity contribution is 6.20. The fourth-order valence-corrected chi connectivity index (χ4v) is 5.94. The molecule has 1 heterocycles. The molecule has 2 fully saturated rings. The lowest BCUT2D eigenvalue weighted by Crippen LogP contribution is -2.53. The van der Waals surface area contributed by atoms with Gasteiger partial charge in [0.1, 0.15) is 18.2 Å². The summed E-state index contributed by atoms with van der Waals surface area (Å²) in [6.07, 6.45) is 6.37. The second kappa shape index (κ2) is 16.6. The van der Waals surface area contributed by atoms with E-state index < -0.39 is 0 Å². The highest BCUT2D eigenvalue weighted by atomic mass is 35.5. The molecule has 35 heavy (non-hydrogen) atoms. The Hall–Kier alpha value is -1.09. The topological polar surface area (TPSA) is 128 Å². The lowest BCUT2D eigenvalue weighted by molar-refractivity contribution is 0.00383. The minimum absolute atomic E-state index is 0. The first-order chi connectivity index (χ1) is 14.8. The molecule has 1 aromatic rings. The van der Waals surface area contributed by atoms with Crippen molar-refractivity contribution < 1.29 is 25.9 Å². The van der Waals surface area contributed by atoms with Crippen LogP contribution in [0.25, 0.3) is 0 Å². The smallest absolute Gasteiger partial charge is 0.139 e. The molecule has 8 heteroatoms. The van der Waals surface area contributed by atoms with Gasteiger partial charge in [-0.15, -0.1) is 11.6 Å². The van der Waals surface area contributed by atoms with Crippen molar-refractivity contribution in [1.82, 2.24) is 10.2 Å². The molecule has 7 nitrogen and oxygen atoms in total. The van der Waals surface area contributed by atoms with Gasteiger partial charge in [-0.2, -0.15) is 0 Å². The molecule has 1 aliphatic carbocycles. The van der Waals surface area contributed by atoms with Crippen molar-refractivity contribution in [3.63, 3.8) is 0 Å². The average molecular weight is 521 g/mol. The number of alkyl halides is 1. The van der Waals surface area contributed by atoms with E-state index in [0.29, 0.717) is 29.5 Å². The van der Waals surface area contributed by atoms with Gasteiger partial charge in [0.05, 0.1) is 7.11 Å². The minimum Gasteiger partial charge on any atom is -0.497 e. The first-order valence-electron chi connectivity index (χ1n) is 12.1. The van der Waals surface area contributed by atoms with Crippen molar-refractivity contribution in [3.8, 4) is 11.5 Å². The normalized spacial score (nSPS) is 24.6. The van der Waals surface area contributed by atoms with Gasteiger partial charge in [-0.3, -0.25) is 5.32 Å². The second-order valence-electron chi connectivity index (χ2n) is 10.6. The number of nitrogens with one attached hydrogen (secondary N) is 1. The summed E-state index contributed by atoms with van der Waals surface area (Å²) >= 11 is 6.37. The zero-order valence-corrected chi connectivity index (χ0v) is 22.5. The molecular weight excluding hydrogens is 468 g/mol. The zero-order valence-electron chi connectivity index (χ0n) is 21.7. The summed E-state index contributed by atoms with van der Waals surface area (Å²) in [7, 11) is 1.68. The van der Waals surface area contributed by atoms with E-state index >= 15 is 0 Å². The van der Waals surface area contributed by atoms with Gasteiger partial charge < -0.3 is 30.8 Å². The van der Waals surface area contributed by atoms with E-state index in [0.717, 1.165) is 29.9 Å². The Kier molecular flexibility index (Phi) is 17.1. The Labute approximate surface area is 218 Å². The molecular formula is C27H53ClN2O5. The van der Waals surface area contributed by atoms with Gasteiger partial charge in [-0.25, -0.2) is 0 Å². The number of halogens is 1. The van der Waals surface area contributed by atoms with E-state index in [4.69, 9.17) is 21.1 Å². The van der Waals surface area contributed by atoms with Crippen molar-refractivity contribution >= 4 is 11.6 Å². The number of likely N-dealkylation sites (tertiary alicyclic amines) is 1. The maximum atomic E-state index is 6.37. The Morgan fingerprint density at radius 1 is 1.00 bits per heavy atom. The molecule has 7 N–H and O–H groups in total. The first kappa shape index (κ1) is 36.1. The van der Waals surface area contributed by atoms with Crippen molar-refractivity contribution in [2.24, 2.45) is 23.2 Å². The molecule has 1 aliphatic heterocycles. The highest BCUT2D eigenvalue weighted by Crippen LogP contribution is 2.45. The third-order valence-electron chi connectivity index (χ3n) is 7.57. The molecule has 0 amide bonds. The van der Waals surface area contributed by atoms with Gasteiger partial charge >= 0.3 is 0 Å². The van der Waals surface area contributed by atoms with Crippen molar-refractivity contribution in [3.05, 3.63) is 24.3 Å². The number of rotatable bonds is 9. The van der Waals surface area contributed by atoms with Crippen LogP contribution < -0.4 is 14.8 Å². The Morgan fingerprint density at radius 3 is 2.09 bits per heavy atom. The van der Waals surface area contributed by atoms with Crippen molar-refractivity contribution in [2.75, 3.05) is 33.5 Å². The van der Waals surface area contributed by atoms with Gasteiger partial charge in [0, 0.05) is 24.5 Å². The molecule has 1 saturated heterocycles. The number of piperidine rings is 1. The summed E-state index contributed by atoms with van der Waals surface area (Å²) in [4.78, 5) is 2.68. The largest absolute Gasteiger partial charge is 0.497 e. The molecule has 1 saturated carbocycles. The number of methoxy groups -OCH3 is 1. The van der Waals surface area contributed by atoms with E-state index in [1.807, 2.05) is 24.3 Å². The Bertz CT molecular complexity index is 666. The molecule has 1 aromatic carbocycles. The quantitative estimate of drug-likeness (QED) is 0.390. The second-order valence-corrected chi connectivity index (χ2v) is 11.3. The molecule has 208 valence electrons. The zero-order chi connectivity index (χ0) is 22.4. The molecule has 0 unspecified atom stereocenters. The van der Waals surface area contributed by atoms with Crippen molar-refractivity contribution in [2.45, 2.75) is 78.6 Å². The molecule has 2 aliphatic rings. The summed E-state index contributed by atoms with van der Waals surface area (Å²) in [5.41, 5.74) is 0.364. The lowest BCUT2D eigenvalue weighted by Gasteiger charge is -2.49. The summed E-state index contributed by atoms with van der Waals surface area (Å²) in [5, 5.41) is 4.05. The first-order valence-corrected chi connectivity index (χ1v) is 12.6. The fourth-order valence-electron chi connectivity index (χ4n) is 5.69. The maximum Gasteiger partial charge on any atom is 0.139 e. The number of hydrogen-bond donors (Lipinski definition) is 1. The van der Waals surface area contributed by atoms with Crippen LogP contribution in [0.3, 0.4) is 0 Å². The van der Waals surface area contributed by atoms with Crippen molar-refractivity contribution in [1.29, 1.82) is 0 Å². The van der Waals surface area contributed by atoms with E-state index in [-0.39, 0.29) is 23.9 Å². The summed E-state index contributed by atoms with van der Waals surface area (Å²) < 4.78 is 11.1. The van der Waals surface area contributed by atoms with Gasteiger partial charge in [0.2, 0.25) is 0 Å². The van der Waals surface area contributed by atoms with Crippen LogP contribution in [0.1, 0.15) is 67.2 Å². The molecule has 0 bridgehead atoms. The summed E-state index contributed by atoms with van der Waals surface area (Å²) in [6, 6.07) is 8.19. The number of nitrogens with zero attached hydrogens (tertiary/aromatic N) is 1. The molecule has 3 rings (SSSR count). The standard InChI is InChI=1S/C26H43ClN2O2.CH4.3H2O/c1-19(2)25(28-18-31-23-12-10-22(30-5)11-13-23)16-29-15-14-24(26(3,4)17-29)20-6-8-21(27)9-7-20;;;;/h10-13,19-21,24-25,28H,6-9,14-18H2,1-5H3;1H4;3*1H2/t20?,21?,24-,25+;;;;/m1..../s1. The molecule has 0 spiro atoms. The molecule has 0 aromatic heterocycles. The minimum atomic E-state index is 0. The van der Waals surface area contributed by atoms with Crippen LogP contribution in [-0.4, -0.2) is 66.2 Å². The van der Waals surface area contributed by atoms with E-state index in [1.165, 1.54) is 45.2 Å². The van der Waals surface area contributed by atoms with Crippen LogP contribution in [0, 0.1) is 23.2 Å². The average Bonchev–Trinajstić information content (AvgIpc) is 2.74. The predicted octanol–water partition coefficient (Wildman–Crippen LogP) is 3.95. The van der Waals surface area contributed by atoms with Crippen LogP contribution >= 0.6 is 11.6 Å². The SMILES string of the molecule is C.COc1ccc(OCN[C@@H](CN2CC[C@H](C3CCC(Cl)CC3)C(C)(C)C2)C(C)C)cc1.O.O.O. The van der Waals surface area contributed by atoms with Crippen LogP contribution in [0.2, 0.25) is 0 Å². The van der Waals surface area contributed by atoms with Crippen LogP contribution in [-0.2, 0) is 0 Å². The fraction of sp³-hybridized carbons (Fsp3) is 0.778. The Morgan fingerprint density at radius 2 is 1.57 bits per heavy atom. The predicted molar refractivity (Wildman–Crippen MR) is 148 cm³/mol. The van der Waals surface area contributed by atoms with Crippen LogP contribution in [0.5, 0.6) is 11.5 Å². The Balaban J connectivity index is 0. The number of ether oxygens (including phenoxy) is 2. The molecule has 0 radical (unpaired) electrons. The highest BCUT2D eigenvalue weighted by Gasteiger charge is 2.41. The monoisotopic (exact) mass is 520 g/mol. The van der Waals surface area contributed by atoms with Gasteiger partial charge in [-0.05, 0) is 86.1 Å². The maximum absolute atomic E-state index is 6.37. The summed E-state index contributed by atoms with van der Waals surface area (Å²) in [6.45, 7) is 13.6. The number of hydrogen-bond acceptors (Lipinski definition) is 4. The van der Waals surface area contributed by atoms with E-state index in [1.54, 1.807) is 7.11 Å². The van der Waals surface area contributed by atoms with Gasteiger partial charge in [0.25, 0.3) is 0 Å². The van der Waals surface area contributed by atoms with Crippen LogP contribution in [0.15, 0.2) is 24.3 Å². The molecule has 2 atom stereocenters.